The molecule has 34 heavy (non-hydrogen) atoms. The summed E-state index contributed by atoms with van der Waals surface area (Å²) in [5.41, 5.74) is 3.30. The molecule has 0 bridgehead atoms. The van der Waals surface area contributed by atoms with Crippen LogP contribution >= 0.6 is 22.9 Å². The van der Waals surface area contributed by atoms with Crippen LogP contribution in [0.4, 0.5) is 5.82 Å². The molecule has 2 unspecified atom stereocenters. The highest BCUT2D eigenvalue weighted by Gasteiger charge is 2.29. The summed E-state index contributed by atoms with van der Waals surface area (Å²) in [4.78, 5) is 13.3. The van der Waals surface area contributed by atoms with E-state index in [1.54, 1.807) is 24.5 Å². The number of rotatable bonds is 7. The quantitative estimate of drug-likeness (QED) is 0.326. The number of aromatic amines is 1. The number of nitrogens with zero attached hydrogens (tertiary/aromatic N) is 4. The zero-order chi connectivity index (χ0) is 23.5. The molecule has 1 aliphatic heterocycles. The lowest BCUT2D eigenvalue weighted by Gasteiger charge is -2.35. The van der Waals surface area contributed by atoms with Gasteiger partial charge in [0.1, 0.15) is 18.4 Å². The number of benzene rings is 1. The number of halogens is 1. The predicted molar refractivity (Wildman–Crippen MR) is 134 cm³/mol. The maximum Gasteiger partial charge on any atom is 0.165 e. The van der Waals surface area contributed by atoms with Gasteiger partial charge in [-0.3, -0.25) is 10.00 Å². The Morgan fingerprint density at radius 3 is 2.65 bits per heavy atom. The number of aliphatic hydroxyl groups is 1. The second-order valence-electron chi connectivity index (χ2n) is 8.08. The smallest absolute Gasteiger partial charge is 0.165 e. The van der Waals surface area contributed by atoms with E-state index in [-0.39, 0.29) is 6.04 Å². The monoisotopic (exact) mass is 496 g/mol. The number of morpholine rings is 1. The molecule has 5 rings (SSSR count). The van der Waals surface area contributed by atoms with Gasteiger partial charge in [0.05, 0.1) is 24.1 Å². The zero-order valence-electron chi connectivity index (χ0n) is 18.6. The van der Waals surface area contributed by atoms with Gasteiger partial charge in [0.15, 0.2) is 5.82 Å². The Labute approximate surface area is 206 Å². The molecule has 0 radical (unpaired) electrons. The van der Waals surface area contributed by atoms with Crippen LogP contribution in [-0.4, -0.2) is 62.7 Å². The Bertz CT molecular complexity index is 1220. The van der Waals surface area contributed by atoms with Gasteiger partial charge in [-0.15, -0.1) is 11.3 Å². The molecule has 0 saturated carbocycles. The summed E-state index contributed by atoms with van der Waals surface area (Å²) in [6.45, 7) is 4.70. The Morgan fingerprint density at radius 2 is 1.94 bits per heavy atom. The topological polar surface area (TPSA) is 99.2 Å². The van der Waals surface area contributed by atoms with Crippen LogP contribution in [0.25, 0.3) is 21.1 Å². The zero-order valence-corrected chi connectivity index (χ0v) is 20.2. The fourth-order valence-corrected chi connectivity index (χ4v) is 5.46. The van der Waals surface area contributed by atoms with Crippen molar-refractivity contribution in [2.75, 3.05) is 31.6 Å². The average molecular weight is 497 g/mol. The number of aromatic nitrogens is 4. The molecule has 1 aromatic carbocycles. The van der Waals surface area contributed by atoms with E-state index in [0.717, 1.165) is 45.4 Å². The third kappa shape index (κ3) is 4.98. The van der Waals surface area contributed by atoms with Crippen molar-refractivity contribution >= 4 is 28.8 Å². The van der Waals surface area contributed by atoms with Gasteiger partial charge in [-0.1, -0.05) is 23.7 Å². The van der Waals surface area contributed by atoms with Crippen molar-refractivity contribution in [3.8, 4) is 21.1 Å². The van der Waals surface area contributed by atoms with E-state index in [4.69, 9.17) is 16.3 Å². The highest BCUT2D eigenvalue weighted by atomic mass is 35.5. The number of H-pyrrole nitrogens is 1. The predicted octanol–water partition coefficient (Wildman–Crippen LogP) is 4.42. The highest BCUT2D eigenvalue weighted by Crippen LogP contribution is 2.44. The fraction of sp³-hybridized carbons (Fsp3) is 0.292. The lowest BCUT2D eigenvalue weighted by molar-refractivity contribution is 0.0241. The Balaban J connectivity index is 1.63. The lowest BCUT2D eigenvalue weighted by atomic mass is 9.96. The Kier molecular flexibility index (Phi) is 6.89. The van der Waals surface area contributed by atoms with E-state index in [2.05, 4.69) is 48.6 Å². The molecule has 2 atom stereocenters. The van der Waals surface area contributed by atoms with Crippen molar-refractivity contribution in [3.63, 3.8) is 0 Å². The molecule has 1 fully saturated rings. The molecule has 0 amide bonds. The molecule has 176 valence electrons. The lowest BCUT2D eigenvalue weighted by Crippen LogP contribution is -2.39. The molecule has 0 spiro atoms. The summed E-state index contributed by atoms with van der Waals surface area (Å²) in [7, 11) is 0. The number of pyridine rings is 1. The molecule has 8 nitrogen and oxygen atoms in total. The summed E-state index contributed by atoms with van der Waals surface area (Å²) in [5, 5.41) is 20.5. The minimum Gasteiger partial charge on any atom is -0.379 e. The second-order valence-corrected chi connectivity index (χ2v) is 9.57. The summed E-state index contributed by atoms with van der Waals surface area (Å²) in [6, 6.07) is 14.2. The van der Waals surface area contributed by atoms with Crippen LogP contribution in [0.1, 0.15) is 24.1 Å². The number of nitrogens with one attached hydrogen (secondary N) is 2. The van der Waals surface area contributed by atoms with Gasteiger partial charge in [-0.25, -0.2) is 9.97 Å². The van der Waals surface area contributed by atoms with Gasteiger partial charge in [-0.05, 0) is 53.9 Å². The Morgan fingerprint density at radius 1 is 1.15 bits per heavy atom. The van der Waals surface area contributed by atoms with Gasteiger partial charge in [-0.2, -0.15) is 5.10 Å². The first-order valence-corrected chi connectivity index (χ1v) is 12.3. The Hall–Kier alpha value is -2.82. The van der Waals surface area contributed by atoms with E-state index in [1.807, 2.05) is 24.3 Å². The van der Waals surface area contributed by atoms with Crippen molar-refractivity contribution in [1.29, 1.82) is 0 Å². The number of hydrogen-bond acceptors (Lipinski definition) is 8. The summed E-state index contributed by atoms with van der Waals surface area (Å²) in [6.07, 6.45) is 2.58. The highest BCUT2D eigenvalue weighted by molar-refractivity contribution is 7.19. The number of thiophene rings is 1. The van der Waals surface area contributed by atoms with Crippen LogP contribution in [0.5, 0.6) is 0 Å². The van der Waals surface area contributed by atoms with Crippen LogP contribution in [-0.2, 0) is 4.74 Å². The average Bonchev–Trinajstić information content (AvgIpc) is 3.51. The third-order valence-corrected chi connectivity index (χ3v) is 7.14. The van der Waals surface area contributed by atoms with Crippen molar-refractivity contribution in [2.24, 2.45) is 0 Å². The van der Waals surface area contributed by atoms with Gasteiger partial charge in [0.2, 0.25) is 0 Å². The maximum absolute atomic E-state index is 9.71. The van der Waals surface area contributed by atoms with Crippen LogP contribution < -0.4 is 5.32 Å². The van der Waals surface area contributed by atoms with E-state index in [0.29, 0.717) is 24.1 Å². The van der Waals surface area contributed by atoms with Crippen molar-refractivity contribution in [2.45, 2.75) is 19.2 Å². The summed E-state index contributed by atoms with van der Waals surface area (Å²) in [5.74, 6) is 1.35. The summed E-state index contributed by atoms with van der Waals surface area (Å²) >= 11 is 7.86. The van der Waals surface area contributed by atoms with Crippen molar-refractivity contribution in [3.05, 3.63) is 71.1 Å². The molecule has 1 saturated heterocycles. The molecule has 1 aliphatic rings. The first-order valence-electron chi connectivity index (χ1n) is 11.1. The van der Waals surface area contributed by atoms with E-state index in [9.17, 15) is 5.11 Å². The van der Waals surface area contributed by atoms with E-state index >= 15 is 0 Å². The standard InChI is InChI=1S/C24H25ClN6O2S/c1-15(32)29-21-12-17(6-7-26-21)20-13-19(23(34-20)24-27-14-28-30-24)22(31-8-10-33-11-9-31)16-2-4-18(25)5-3-16/h2-7,12-15,22,32H,8-11H2,1H3,(H,26,29)(H,27,28,30). The normalized spacial score (nSPS) is 16.3. The van der Waals surface area contributed by atoms with Gasteiger partial charge >= 0.3 is 0 Å². The first-order chi connectivity index (χ1) is 16.6. The fourth-order valence-electron chi connectivity index (χ4n) is 4.20. The van der Waals surface area contributed by atoms with Crippen LogP contribution in [0.3, 0.4) is 0 Å². The molecular weight excluding hydrogens is 472 g/mol. The van der Waals surface area contributed by atoms with Crippen LogP contribution in [0, 0.1) is 0 Å². The van der Waals surface area contributed by atoms with Crippen LogP contribution in [0.2, 0.25) is 5.02 Å². The molecule has 4 heterocycles. The number of hydrogen-bond donors (Lipinski definition) is 3. The number of aliphatic hydroxyl groups excluding tert-OH is 1. The number of ether oxygens (including phenoxy) is 1. The maximum atomic E-state index is 9.71. The molecule has 3 aromatic heterocycles. The first kappa shape index (κ1) is 22.9. The molecule has 4 aromatic rings. The van der Waals surface area contributed by atoms with E-state index < -0.39 is 6.23 Å². The number of anilines is 1. The van der Waals surface area contributed by atoms with Gasteiger partial charge in [0.25, 0.3) is 0 Å². The minimum atomic E-state index is -0.693. The van der Waals surface area contributed by atoms with Crippen LogP contribution in [0.15, 0.2) is 55.0 Å². The second kappa shape index (κ2) is 10.2. The SMILES string of the molecule is CC(O)Nc1cc(-c2cc(C(c3ccc(Cl)cc3)N3CCOCC3)c(-c3ncn[nH]3)s2)ccn1. The van der Waals surface area contributed by atoms with Gasteiger partial charge in [0, 0.05) is 29.2 Å². The molecule has 0 aliphatic carbocycles. The van der Waals surface area contributed by atoms with Crippen molar-refractivity contribution in [1.82, 2.24) is 25.1 Å². The summed E-state index contributed by atoms with van der Waals surface area (Å²) < 4.78 is 5.64. The largest absolute Gasteiger partial charge is 0.379 e. The molecule has 3 N–H and O–H groups in total. The molecule has 10 heteroatoms. The third-order valence-electron chi connectivity index (χ3n) is 5.68. The minimum absolute atomic E-state index is 0.00293. The van der Waals surface area contributed by atoms with Crippen molar-refractivity contribution < 1.29 is 9.84 Å². The molecular formula is C24H25ClN6O2S. The van der Waals surface area contributed by atoms with E-state index in [1.165, 1.54) is 6.33 Å². The van der Waals surface area contributed by atoms with Gasteiger partial charge < -0.3 is 15.2 Å².